The Morgan fingerprint density at radius 3 is 2.33 bits per heavy atom. The van der Waals surface area contributed by atoms with Gasteiger partial charge in [-0.05, 0) is 31.2 Å². The highest BCUT2D eigenvalue weighted by Crippen LogP contribution is 2.58. The van der Waals surface area contributed by atoms with E-state index in [1.165, 1.54) is 0 Å². The van der Waals surface area contributed by atoms with E-state index in [1.54, 1.807) is 4.90 Å². The van der Waals surface area contributed by atoms with Gasteiger partial charge in [0, 0.05) is 39.3 Å². The van der Waals surface area contributed by atoms with Crippen LogP contribution in [0.4, 0.5) is 0 Å². The number of unbranched alkanes of at least 4 members (excludes halogenated alkanes) is 2. The van der Waals surface area contributed by atoms with Gasteiger partial charge in [-0.3, -0.25) is 14.4 Å². The molecular weight excluding hydrogens is 494 g/mol. The number of nitrogens with zero attached hydrogens (tertiary/aromatic N) is 3. The number of aliphatic hydroxyl groups is 1. The summed E-state index contributed by atoms with van der Waals surface area (Å²) in [5, 5.41) is 9.40. The lowest BCUT2D eigenvalue weighted by atomic mass is 9.73. The molecule has 8 heteroatoms. The van der Waals surface area contributed by atoms with E-state index in [9.17, 15) is 19.5 Å². The number of benzene rings is 1. The third-order valence-electron chi connectivity index (χ3n) is 8.91. The summed E-state index contributed by atoms with van der Waals surface area (Å²) in [6, 6.07) is 9.03. The molecule has 1 aromatic carbocycles. The van der Waals surface area contributed by atoms with Crippen LogP contribution in [0.5, 0.6) is 0 Å². The largest absolute Gasteiger partial charge is 0.396 e. The van der Waals surface area contributed by atoms with Crippen molar-refractivity contribution in [3.05, 3.63) is 60.2 Å². The van der Waals surface area contributed by atoms with Crippen LogP contribution in [-0.4, -0.2) is 87.6 Å². The first kappa shape index (κ1) is 27.6. The Hall–Kier alpha value is -2.97. The maximum absolute atomic E-state index is 14.4. The highest BCUT2D eigenvalue weighted by molar-refractivity contribution is 6.00. The molecule has 0 radical (unpaired) electrons. The van der Waals surface area contributed by atoms with Gasteiger partial charge >= 0.3 is 0 Å². The molecule has 0 saturated carbocycles. The van der Waals surface area contributed by atoms with E-state index in [4.69, 9.17) is 4.74 Å². The summed E-state index contributed by atoms with van der Waals surface area (Å²) in [6.07, 6.45) is 11.3. The second-order valence-electron chi connectivity index (χ2n) is 11.2. The molecule has 4 aliphatic rings. The zero-order valence-electron chi connectivity index (χ0n) is 23.1. The van der Waals surface area contributed by atoms with Crippen LogP contribution in [-0.2, 0) is 25.7 Å². The van der Waals surface area contributed by atoms with Crippen molar-refractivity contribution in [2.24, 2.45) is 11.8 Å². The minimum Gasteiger partial charge on any atom is -0.396 e. The Kier molecular flexibility index (Phi) is 7.96. The second-order valence-corrected chi connectivity index (χ2v) is 11.2. The number of hydrogen-bond donors (Lipinski definition) is 1. The average Bonchev–Trinajstić information content (AvgIpc) is 3.24. The van der Waals surface area contributed by atoms with Gasteiger partial charge in [-0.15, -0.1) is 0 Å². The van der Waals surface area contributed by atoms with E-state index in [1.807, 2.05) is 71.4 Å². The van der Waals surface area contributed by atoms with Crippen molar-refractivity contribution in [1.29, 1.82) is 0 Å². The molecule has 1 unspecified atom stereocenters. The lowest BCUT2D eigenvalue weighted by Crippen LogP contribution is -2.56. The molecule has 2 fully saturated rings. The van der Waals surface area contributed by atoms with E-state index in [-0.39, 0.29) is 24.3 Å². The standard InChI is InChI=1S/C31H41N3O5/c1-3-5-17-32-18-12-16-31-25(28(37)34(20-9-10-21-35)26(31)29(32)38)24-27(36)33(22-23-13-7-6-8-14-23)19-11-15-30(24,4-2)39-31/h6-8,11-16,24-26,35H,3-5,9-10,17-22H2,1-2H3/t24-,25-,26?,30+,31-/m0/s1. The fraction of sp³-hybridized carbons (Fsp3) is 0.581. The summed E-state index contributed by atoms with van der Waals surface area (Å²) >= 11 is 0. The number of amides is 3. The van der Waals surface area contributed by atoms with Gasteiger partial charge in [-0.25, -0.2) is 0 Å². The lowest BCUT2D eigenvalue weighted by Gasteiger charge is -2.38. The van der Waals surface area contributed by atoms with E-state index < -0.39 is 29.1 Å². The predicted molar refractivity (Wildman–Crippen MR) is 147 cm³/mol. The van der Waals surface area contributed by atoms with Crippen LogP contribution in [0.15, 0.2) is 54.6 Å². The third kappa shape index (κ3) is 4.61. The van der Waals surface area contributed by atoms with Crippen molar-refractivity contribution in [1.82, 2.24) is 14.7 Å². The average molecular weight is 536 g/mol. The number of hydrogen-bond acceptors (Lipinski definition) is 5. The van der Waals surface area contributed by atoms with Crippen LogP contribution >= 0.6 is 0 Å². The molecule has 4 heterocycles. The molecule has 39 heavy (non-hydrogen) atoms. The predicted octanol–water partition coefficient (Wildman–Crippen LogP) is 2.92. The molecule has 5 atom stereocenters. The van der Waals surface area contributed by atoms with E-state index in [2.05, 4.69) is 6.92 Å². The molecule has 2 saturated heterocycles. The molecule has 210 valence electrons. The van der Waals surface area contributed by atoms with Gasteiger partial charge in [0.2, 0.25) is 17.7 Å². The number of rotatable bonds is 10. The Labute approximate surface area is 231 Å². The summed E-state index contributed by atoms with van der Waals surface area (Å²) < 4.78 is 7.00. The van der Waals surface area contributed by atoms with Crippen molar-refractivity contribution in [2.45, 2.75) is 69.7 Å². The molecule has 5 rings (SSSR count). The molecule has 8 nitrogen and oxygen atoms in total. The highest BCUT2D eigenvalue weighted by Gasteiger charge is 2.75. The summed E-state index contributed by atoms with van der Waals surface area (Å²) in [6.45, 7) is 6.40. The first-order chi connectivity index (χ1) is 18.9. The van der Waals surface area contributed by atoms with Gasteiger partial charge in [0.1, 0.15) is 11.6 Å². The van der Waals surface area contributed by atoms with Crippen molar-refractivity contribution in [3.8, 4) is 0 Å². The van der Waals surface area contributed by atoms with Crippen molar-refractivity contribution in [2.75, 3.05) is 32.8 Å². The quantitative estimate of drug-likeness (QED) is 0.368. The number of likely N-dealkylation sites (tertiary alicyclic amines) is 1. The Balaban J connectivity index is 1.57. The second kappa shape index (κ2) is 11.3. The zero-order chi connectivity index (χ0) is 27.6. The van der Waals surface area contributed by atoms with E-state index >= 15 is 0 Å². The molecule has 1 N–H and O–H groups in total. The molecule has 0 aromatic heterocycles. The summed E-state index contributed by atoms with van der Waals surface area (Å²) in [7, 11) is 0. The van der Waals surface area contributed by atoms with Crippen LogP contribution in [0.25, 0.3) is 0 Å². The van der Waals surface area contributed by atoms with Gasteiger partial charge in [-0.2, -0.15) is 0 Å². The molecule has 0 aliphatic carbocycles. The first-order valence-electron chi connectivity index (χ1n) is 14.5. The van der Waals surface area contributed by atoms with E-state index in [0.29, 0.717) is 52.0 Å². The van der Waals surface area contributed by atoms with Crippen LogP contribution in [0.1, 0.15) is 51.5 Å². The number of aliphatic hydroxyl groups excluding tert-OH is 1. The lowest BCUT2D eigenvalue weighted by molar-refractivity contribution is -0.154. The van der Waals surface area contributed by atoms with Gasteiger partial charge < -0.3 is 24.5 Å². The number of fused-ring (bicyclic) bond motifs is 2. The van der Waals surface area contributed by atoms with Crippen molar-refractivity contribution >= 4 is 17.7 Å². The maximum Gasteiger partial charge on any atom is 0.249 e. The number of carbonyl (C=O) groups is 3. The summed E-state index contributed by atoms with van der Waals surface area (Å²) in [5.74, 6) is -1.95. The van der Waals surface area contributed by atoms with E-state index in [0.717, 1.165) is 18.4 Å². The zero-order valence-corrected chi connectivity index (χ0v) is 23.1. The van der Waals surface area contributed by atoms with Crippen molar-refractivity contribution in [3.63, 3.8) is 0 Å². The SMILES string of the molecule is CCCCN1CC=C[C@]23O[C@]4(CC)C=CCN(Cc5ccccc5)C(=O)[C@@H]4[C@H]2C(=O)N(CCCCO)C3C1=O. The molecule has 1 aromatic rings. The Morgan fingerprint density at radius 1 is 0.872 bits per heavy atom. The number of carbonyl (C=O) groups excluding carboxylic acids is 3. The summed E-state index contributed by atoms with van der Waals surface area (Å²) in [4.78, 5) is 48.2. The Morgan fingerprint density at radius 2 is 1.62 bits per heavy atom. The normalized spacial score (nSPS) is 31.8. The fourth-order valence-corrected chi connectivity index (χ4v) is 6.99. The van der Waals surface area contributed by atoms with Crippen LogP contribution < -0.4 is 0 Å². The molecular formula is C31H41N3O5. The smallest absolute Gasteiger partial charge is 0.249 e. The molecule has 4 aliphatic heterocycles. The first-order valence-corrected chi connectivity index (χ1v) is 14.5. The van der Waals surface area contributed by atoms with Gasteiger partial charge in [-0.1, -0.05) is 74.9 Å². The van der Waals surface area contributed by atoms with Gasteiger partial charge in [0.05, 0.1) is 17.4 Å². The van der Waals surface area contributed by atoms with Gasteiger partial charge in [0.15, 0.2) is 0 Å². The fourth-order valence-electron chi connectivity index (χ4n) is 6.99. The minimum atomic E-state index is -1.22. The molecule has 3 amide bonds. The monoisotopic (exact) mass is 535 g/mol. The minimum absolute atomic E-state index is 0.0214. The van der Waals surface area contributed by atoms with Crippen LogP contribution in [0.2, 0.25) is 0 Å². The van der Waals surface area contributed by atoms with Gasteiger partial charge in [0.25, 0.3) is 0 Å². The Bertz CT molecular complexity index is 1140. The number of ether oxygens (including phenoxy) is 1. The highest BCUT2D eigenvalue weighted by atomic mass is 16.5. The summed E-state index contributed by atoms with van der Waals surface area (Å²) in [5.41, 5.74) is -1.17. The molecule has 0 bridgehead atoms. The third-order valence-corrected chi connectivity index (χ3v) is 8.91. The van der Waals surface area contributed by atoms with Crippen LogP contribution in [0, 0.1) is 11.8 Å². The van der Waals surface area contributed by atoms with Crippen molar-refractivity contribution < 1.29 is 24.2 Å². The maximum atomic E-state index is 14.4. The molecule has 1 spiro atoms. The van der Waals surface area contributed by atoms with Crippen LogP contribution in [0.3, 0.4) is 0 Å². The topological polar surface area (TPSA) is 90.4 Å².